The Morgan fingerprint density at radius 1 is 1.60 bits per heavy atom. The van der Waals surface area contributed by atoms with Crippen molar-refractivity contribution < 1.29 is 14.3 Å². The van der Waals surface area contributed by atoms with E-state index in [0.717, 1.165) is 6.29 Å². The number of hydrogen-bond donors (Lipinski definition) is 0. The molecule has 0 aliphatic rings. The van der Waals surface area contributed by atoms with Gasteiger partial charge in [-0.15, -0.1) is 6.42 Å². The van der Waals surface area contributed by atoms with Crippen LogP contribution in [0, 0.1) is 12.3 Å². The minimum Gasteiger partial charge on any atom is -0.493 e. The van der Waals surface area contributed by atoms with E-state index in [4.69, 9.17) is 15.9 Å². The van der Waals surface area contributed by atoms with Crippen LogP contribution in [0.15, 0.2) is 16.6 Å². The standard InChI is InChI=1S/C11H9BrO3/c1-3-4-15-11-9(12)5-8(7-13)6-10(11)14-2/h1,5-7H,4H2,2H3. The van der Waals surface area contributed by atoms with Crippen molar-refractivity contribution in [1.82, 2.24) is 0 Å². The SMILES string of the molecule is C#CCOc1c(Br)cc(C=O)cc1OC. The van der Waals surface area contributed by atoms with Crippen LogP contribution in [0.25, 0.3) is 0 Å². The summed E-state index contributed by atoms with van der Waals surface area (Å²) in [5, 5.41) is 0. The van der Waals surface area contributed by atoms with Crippen molar-refractivity contribution in [3.63, 3.8) is 0 Å². The predicted octanol–water partition coefficient (Wildman–Crippen LogP) is 2.28. The molecule has 3 nitrogen and oxygen atoms in total. The van der Waals surface area contributed by atoms with Crippen molar-refractivity contribution in [2.45, 2.75) is 0 Å². The van der Waals surface area contributed by atoms with E-state index >= 15 is 0 Å². The minimum absolute atomic E-state index is 0.148. The van der Waals surface area contributed by atoms with Crippen LogP contribution in [0.3, 0.4) is 0 Å². The van der Waals surface area contributed by atoms with Crippen molar-refractivity contribution in [1.29, 1.82) is 0 Å². The highest BCUT2D eigenvalue weighted by molar-refractivity contribution is 9.10. The van der Waals surface area contributed by atoms with Crippen molar-refractivity contribution in [3.8, 4) is 23.8 Å². The number of aldehydes is 1. The molecular formula is C11H9BrO3. The molecule has 0 bridgehead atoms. The number of benzene rings is 1. The summed E-state index contributed by atoms with van der Waals surface area (Å²) in [7, 11) is 1.50. The van der Waals surface area contributed by atoms with Gasteiger partial charge >= 0.3 is 0 Å². The Morgan fingerprint density at radius 2 is 2.33 bits per heavy atom. The zero-order valence-electron chi connectivity index (χ0n) is 8.12. The highest BCUT2D eigenvalue weighted by Gasteiger charge is 2.10. The lowest BCUT2D eigenvalue weighted by molar-refractivity contribution is 0.112. The second-order valence-corrected chi connectivity index (χ2v) is 3.50. The summed E-state index contributed by atoms with van der Waals surface area (Å²) in [5.74, 6) is 3.33. The van der Waals surface area contributed by atoms with Crippen molar-refractivity contribution >= 4 is 22.2 Å². The molecule has 0 spiro atoms. The number of terminal acetylenes is 1. The molecule has 4 heteroatoms. The quantitative estimate of drug-likeness (QED) is 0.621. The third-order valence-corrected chi connectivity index (χ3v) is 2.28. The second kappa shape index (κ2) is 5.42. The molecule has 15 heavy (non-hydrogen) atoms. The zero-order valence-corrected chi connectivity index (χ0v) is 9.71. The Kier molecular flexibility index (Phi) is 4.19. The molecule has 1 aromatic carbocycles. The lowest BCUT2D eigenvalue weighted by Crippen LogP contribution is -1.98. The Morgan fingerprint density at radius 3 is 2.87 bits per heavy atom. The molecule has 78 valence electrons. The molecule has 0 atom stereocenters. The third kappa shape index (κ3) is 2.74. The molecule has 0 N–H and O–H groups in total. The number of carbonyl (C=O) groups excluding carboxylic acids is 1. The fraction of sp³-hybridized carbons (Fsp3) is 0.182. The molecule has 0 unspecified atom stereocenters. The second-order valence-electron chi connectivity index (χ2n) is 2.64. The first-order valence-electron chi connectivity index (χ1n) is 4.12. The number of rotatable bonds is 4. The van der Waals surface area contributed by atoms with E-state index in [0.29, 0.717) is 21.5 Å². The van der Waals surface area contributed by atoms with Gasteiger partial charge in [-0.25, -0.2) is 0 Å². The van der Waals surface area contributed by atoms with Gasteiger partial charge in [0.15, 0.2) is 11.5 Å². The fourth-order valence-corrected chi connectivity index (χ4v) is 1.64. The van der Waals surface area contributed by atoms with E-state index < -0.39 is 0 Å². The maximum Gasteiger partial charge on any atom is 0.176 e. The summed E-state index contributed by atoms with van der Waals surface area (Å²) < 4.78 is 11.0. The molecule has 0 saturated carbocycles. The first-order chi connectivity index (χ1) is 7.22. The van der Waals surface area contributed by atoms with Gasteiger partial charge in [0, 0.05) is 5.56 Å². The van der Waals surface area contributed by atoms with Crippen LogP contribution in [0.1, 0.15) is 10.4 Å². The predicted molar refractivity (Wildman–Crippen MR) is 60.4 cm³/mol. The van der Waals surface area contributed by atoms with Gasteiger partial charge in [-0.05, 0) is 28.1 Å². The van der Waals surface area contributed by atoms with Gasteiger partial charge in [-0.1, -0.05) is 5.92 Å². The average molecular weight is 269 g/mol. The number of hydrogen-bond acceptors (Lipinski definition) is 3. The summed E-state index contributed by atoms with van der Waals surface area (Å²) in [4.78, 5) is 10.6. The molecule has 0 aliphatic heterocycles. The van der Waals surface area contributed by atoms with Gasteiger partial charge in [0.2, 0.25) is 0 Å². The lowest BCUT2D eigenvalue weighted by atomic mass is 10.2. The summed E-state index contributed by atoms with van der Waals surface area (Å²) in [6.45, 7) is 0.148. The summed E-state index contributed by atoms with van der Waals surface area (Å²) in [5.41, 5.74) is 0.506. The number of carbonyl (C=O) groups is 1. The van der Waals surface area contributed by atoms with E-state index in [1.807, 2.05) is 0 Å². The molecule has 0 saturated heterocycles. The van der Waals surface area contributed by atoms with E-state index in [1.54, 1.807) is 12.1 Å². The molecule has 0 fully saturated rings. The fourth-order valence-electron chi connectivity index (χ4n) is 1.06. The minimum atomic E-state index is 0.148. The Labute approximate surface area is 96.5 Å². The largest absolute Gasteiger partial charge is 0.493 e. The molecule has 0 aromatic heterocycles. The van der Waals surface area contributed by atoms with Crippen molar-refractivity contribution in [3.05, 3.63) is 22.2 Å². The molecule has 0 radical (unpaired) electrons. The molecule has 1 aromatic rings. The van der Waals surface area contributed by atoms with Gasteiger partial charge in [-0.3, -0.25) is 4.79 Å². The first-order valence-corrected chi connectivity index (χ1v) is 4.91. The molecular weight excluding hydrogens is 260 g/mol. The van der Waals surface area contributed by atoms with Crippen LogP contribution >= 0.6 is 15.9 Å². The van der Waals surface area contributed by atoms with Crippen LogP contribution in [-0.2, 0) is 0 Å². The normalized spacial score (nSPS) is 9.13. The summed E-state index contributed by atoms with van der Waals surface area (Å²) in [6.07, 6.45) is 5.82. The number of ether oxygens (including phenoxy) is 2. The Hall–Kier alpha value is -1.47. The highest BCUT2D eigenvalue weighted by Crippen LogP contribution is 2.36. The van der Waals surface area contributed by atoms with E-state index in [2.05, 4.69) is 21.9 Å². The topological polar surface area (TPSA) is 35.5 Å². The summed E-state index contributed by atoms with van der Waals surface area (Å²) in [6, 6.07) is 3.23. The van der Waals surface area contributed by atoms with Gasteiger partial charge in [-0.2, -0.15) is 0 Å². The van der Waals surface area contributed by atoms with Crippen LogP contribution in [0.5, 0.6) is 11.5 Å². The van der Waals surface area contributed by atoms with Gasteiger partial charge < -0.3 is 9.47 Å². The van der Waals surface area contributed by atoms with Gasteiger partial charge in [0.25, 0.3) is 0 Å². The van der Waals surface area contributed by atoms with Crippen LogP contribution < -0.4 is 9.47 Å². The summed E-state index contributed by atoms with van der Waals surface area (Å²) >= 11 is 3.28. The highest BCUT2D eigenvalue weighted by atomic mass is 79.9. The molecule has 1 rings (SSSR count). The maximum absolute atomic E-state index is 10.6. The Bertz CT molecular complexity index is 407. The van der Waals surface area contributed by atoms with Crippen LogP contribution in [0.4, 0.5) is 0 Å². The maximum atomic E-state index is 10.6. The monoisotopic (exact) mass is 268 g/mol. The first kappa shape index (κ1) is 11.6. The Balaban J connectivity index is 3.13. The van der Waals surface area contributed by atoms with Crippen LogP contribution in [-0.4, -0.2) is 20.0 Å². The van der Waals surface area contributed by atoms with Gasteiger partial charge in [0.1, 0.15) is 12.9 Å². The molecule has 0 heterocycles. The average Bonchev–Trinajstić information content (AvgIpc) is 2.26. The van der Waals surface area contributed by atoms with E-state index in [9.17, 15) is 4.79 Å². The smallest absolute Gasteiger partial charge is 0.176 e. The lowest BCUT2D eigenvalue weighted by Gasteiger charge is -2.11. The third-order valence-electron chi connectivity index (χ3n) is 1.69. The molecule has 0 amide bonds. The van der Waals surface area contributed by atoms with Crippen LogP contribution in [0.2, 0.25) is 0 Å². The zero-order chi connectivity index (χ0) is 11.3. The van der Waals surface area contributed by atoms with E-state index in [-0.39, 0.29) is 6.61 Å². The number of methoxy groups -OCH3 is 1. The van der Waals surface area contributed by atoms with Gasteiger partial charge in [0.05, 0.1) is 11.6 Å². The van der Waals surface area contributed by atoms with Crippen molar-refractivity contribution in [2.75, 3.05) is 13.7 Å². The van der Waals surface area contributed by atoms with Crippen molar-refractivity contribution in [2.24, 2.45) is 0 Å². The van der Waals surface area contributed by atoms with E-state index in [1.165, 1.54) is 7.11 Å². The number of halogens is 1. The molecule has 0 aliphatic carbocycles.